The molecule has 13 heteroatoms. The van der Waals surface area contributed by atoms with Crippen LogP contribution in [0.4, 0.5) is 28.4 Å². The molecule has 0 saturated heterocycles. The lowest BCUT2D eigenvalue weighted by Crippen LogP contribution is -2.39. The van der Waals surface area contributed by atoms with Crippen LogP contribution in [0.5, 0.6) is 23.0 Å². The molecule has 4 aliphatic rings. The predicted molar refractivity (Wildman–Crippen MR) is 236 cm³/mol. The van der Waals surface area contributed by atoms with Crippen molar-refractivity contribution in [2.45, 2.75) is 63.2 Å². The standard InChI is InChI=1S/C47H45N5O7S/c1-27(60)12-13-45(53)50-32-15-28(25-58-43-21-37-35(19-41(43)56-2)46(54)51-33(23-48-37)17-30-8-4-6-10-39(30)51)14-29(16-32)26-59-44-22-38-36(20-42(44)57-3)47(55)52-34(24-49-38)18-31-9-5-7-11-40(31)52/h4-11,14-16,19-23,27,33-34,49,60H,12-13,17-18,24-26H2,1-3H3,(H,50,53)/t27?,33-,34-/m0/s1. The number of thiol groups is 1. The minimum absolute atomic E-state index is 0.0101. The molecule has 0 fully saturated rings. The number of ether oxygens (including phenoxy) is 4. The van der Waals surface area contributed by atoms with Crippen molar-refractivity contribution in [1.29, 1.82) is 0 Å². The minimum Gasteiger partial charge on any atom is -0.493 e. The molecule has 60 heavy (non-hydrogen) atoms. The first-order valence-corrected chi connectivity index (χ1v) is 20.6. The van der Waals surface area contributed by atoms with Crippen LogP contribution < -0.4 is 39.4 Å². The van der Waals surface area contributed by atoms with Crippen molar-refractivity contribution in [3.05, 3.63) is 124 Å². The number of fused-ring (bicyclic) bond motifs is 8. The molecule has 0 aromatic heterocycles. The summed E-state index contributed by atoms with van der Waals surface area (Å²) in [7, 11) is 3.09. The molecule has 0 radical (unpaired) electrons. The number of anilines is 4. The normalized spacial score (nSPS) is 17.5. The van der Waals surface area contributed by atoms with E-state index in [-0.39, 0.29) is 48.3 Å². The van der Waals surface area contributed by atoms with Crippen LogP contribution in [0.1, 0.15) is 62.7 Å². The second kappa shape index (κ2) is 16.3. The van der Waals surface area contributed by atoms with E-state index in [0.717, 1.165) is 40.0 Å². The molecule has 0 saturated carbocycles. The first kappa shape index (κ1) is 39.0. The Balaban J connectivity index is 0.966. The van der Waals surface area contributed by atoms with Crippen LogP contribution in [0.2, 0.25) is 0 Å². The smallest absolute Gasteiger partial charge is 0.261 e. The summed E-state index contributed by atoms with van der Waals surface area (Å²) < 4.78 is 24.3. The van der Waals surface area contributed by atoms with E-state index in [2.05, 4.69) is 29.3 Å². The Bertz CT molecular complexity index is 2560. The maximum Gasteiger partial charge on any atom is 0.261 e. The van der Waals surface area contributed by atoms with Gasteiger partial charge in [-0.3, -0.25) is 24.3 Å². The fraction of sp³-hybridized carbons (Fsp3) is 0.277. The lowest BCUT2D eigenvalue weighted by atomic mass is 10.1. The Morgan fingerprint density at radius 1 is 0.800 bits per heavy atom. The molecule has 4 aliphatic heterocycles. The number of para-hydroxylation sites is 2. The molecule has 4 heterocycles. The summed E-state index contributed by atoms with van der Waals surface area (Å²) in [5, 5.41) is 6.60. The second-order valence-corrected chi connectivity index (χ2v) is 16.4. The van der Waals surface area contributed by atoms with Gasteiger partial charge in [0.2, 0.25) is 5.91 Å². The lowest BCUT2D eigenvalue weighted by Gasteiger charge is -2.22. The highest BCUT2D eigenvalue weighted by atomic mass is 32.1. The number of carbonyl (C=O) groups is 3. The van der Waals surface area contributed by atoms with Gasteiger partial charge in [0, 0.05) is 54.8 Å². The molecule has 9 rings (SSSR count). The molecule has 2 N–H and O–H groups in total. The Kier molecular flexibility index (Phi) is 10.6. The SMILES string of the molecule is COc1cc2c(cc1OCc1cc(COc3cc4c(cc3OC)C(=O)N3c5ccccc5C[C@H]3CN4)cc(NC(=O)CCC(C)S)c1)N=C[C@@H]1Cc3ccccc3N1C2=O. The number of hydrogen-bond donors (Lipinski definition) is 3. The maximum atomic E-state index is 14.0. The number of amides is 3. The van der Waals surface area contributed by atoms with Gasteiger partial charge in [0.25, 0.3) is 11.8 Å². The van der Waals surface area contributed by atoms with Gasteiger partial charge in [0.05, 0.1) is 48.8 Å². The van der Waals surface area contributed by atoms with E-state index in [1.165, 1.54) is 7.11 Å². The quantitative estimate of drug-likeness (QED) is 0.108. The average molecular weight is 824 g/mol. The number of benzene rings is 5. The van der Waals surface area contributed by atoms with Crippen LogP contribution in [0.3, 0.4) is 0 Å². The van der Waals surface area contributed by atoms with Crippen LogP contribution in [0, 0.1) is 0 Å². The topological polar surface area (TPSA) is 131 Å². The second-order valence-electron chi connectivity index (χ2n) is 15.5. The molecule has 0 bridgehead atoms. The van der Waals surface area contributed by atoms with Crippen molar-refractivity contribution in [2.75, 3.05) is 41.2 Å². The molecule has 5 aromatic carbocycles. The molecule has 3 amide bonds. The van der Waals surface area contributed by atoms with Crippen LogP contribution in [0.25, 0.3) is 0 Å². The summed E-state index contributed by atoms with van der Waals surface area (Å²) in [5.41, 5.74) is 8.27. The number of aliphatic imine (C=N–C) groups is 1. The largest absolute Gasteiger partial charge is 0.493 e. The van der Waals surface area contributed by atoms with Gasteiger partial charge >= 0.3 is 0 Å². The van der Waals surface area contributed by atoms with E-state index < -0.39 is 0 Å². The maximum absolute atomic E-state index is 14.0. The van der Waals surface area contributed by atoms with Gasteiger partial charge in [-0.1, -0.05) is 43.3 Å². The van der Waals surface area contributed by atoms with Gasteiger partial charge < -0.3 is 34.5 Å². The summed E-state index contributed by atoms with van der Waals surface area (Å²) in [5.74, 6) is 1.31. The summed E-state index contributed by atoms with van der Waals surface area (Å²) in [6, 6.07) is 28.4. The highest BCUT2D eigenvalue weighted by Gasteiger charge is 2.38. The lowest BCUT2D eigenvalue weighted by molar-refractivity contribution is -0.116. The molecular formula is C47H45N5O7S. The van der Waals surface area contributed by atoms with E-state index in [9.17, 15) is 14.4 Å². The van der Waals surface area contributed by atoms with E-state index in [4.69, 9.17) is 23.9 Å². The fourth-order valence-corrected chi connectivity index (χ4v) is 8.62. The van der Waals surface area contributed by atoms with Gasteiger partial charge in [-0.2, -0.15) is 12.6 Å². The van der Waals surface area contributed by atoms with Crippen LogP contribution in [-0.4, -0.2) is 62.0 Å². The van der Waals surface area contributed by atoms with E-state index >= 15 is 0 Å². The van der Waals surface area contributed by atoms with Crippen molar-refractivity contribution in [2.24, 2.45) is 4.99 Å². The average Bonchev–Trinajstić information content (AvgIpc) is 3.75. The number of nitrogens with zero attached hydrogens (tertiary/aromatic N) is 3. The number of methoxy groups -OCH3 is 2. The summed E-state index contributed by atoms with van der Waals surface area (Å²) >= 11 is 4.44. The third-order valence-electron chi connectivity index (χ3n) is 11.4. The molecule has 306 valence electrons. The van der Waals surface area contributed by atoms with Crippen molar-refractivity contribution >= 4 is 65.0 Å². The highest BCUT2D eigenvalue weighted by Crippen LogP contribution is 2.43. The predicted octanol–water partition coefficient (Wildman–Crippen LogP) is 8.18. The van der Waals surface area contributed by atoms with Crippen molar-refractivity contribution in [3.63, 3.8) is 0 Å². The first-order chi connectivity index (χ1) is 29.2. The van der Waals surface area contributed by atoms with Gasteiger partial charge in [-0.15, -0.1) is 0 Å². The summed E-state index contributed by atoms with van der Waals surface area (Å²) in [4.78, 5) is 49.3. The zero-order valence-corrected chi connectivity index (χ0v) is 34.5. The van der Waals surface area contributed by atoms with Crippen molar-refractivity contribution in [1.82, 2.24) is 0 Å². The third kappa shape index (κ3) is 7.49. The first-order valence-electron chi connectivity index (χ1n) is 20.1. The number of nitrogens with one attached hydrogen (secondary N) is 2. The van der Waals surface area contributed by atoms with Gasteiger partial charge in [0.15, 0.2) is 23.0 Å². The Labute approximate surface area is 353 Å². The zero-order valence-electron chi connectivity index (χ0n) is 33.6. The third-order valence-corrected chi connectivity index (χ3v) is 11.7. The number of rotatable bonds is 12. The molecule has 12 nitrogen and oxygen atoms in total. The van der Waals surface area contributed by atoms with Gasteiger partial charge in [0.1, 0.15) is 13.2 Å². The molecule has 5 aromatic rings. The molecule has 0 aliphatic carbocycles. The molecule has 3 atom stereocenters. The summed E-state index contributed by atoms with van der Waals surface area (Å²) in [6.07, 6.45) is 4.23. The van der Waals surface area contributed by atoms with E-state index in [1.54, 1.807) is 30.2 Å². The fourth-order valence-electron chi connectivity index (χ4n) is 8.49. The molecule has 1 unspecified atom stereocenters. The van der Waals surface area contributed by atoms with Crippen molar-refractivity contribution in [3.8, 4) is 23.0 Å². The molecule has 0 spiro atoms. The Hall–Kier alpha value is -6.47. The Morgan fingerprint density at radius 3 is 2.10 bits per heavy atom. The summed E-state index contributed by atoms with van der Waals surface area (Å²) in [6.45, 7) is 2.76. The Morgan fingerprint density at radius 2 is 1.42 bits per heavy atom. The molecular weight excluding hydrogens is 779 g/mol. The highest BCUT2D eigenvalue weighted by molar-refractivity contribution is 7.80. The number of hydrogen-bond acceptors (Lipinski definition) is 10. The minimum atomic E-state index is -0.187. The number of carbonyl (C=O) groups excluding carboxylic acids is 3. The zero-order chi connectivity index (χ0) is 41.5. The van der Waals surface area contributed by atoms with Crippen LogP contribution in [0.15, 0.2) is 96.0 Å². The van der Waals surface area contributed by atoms with Gasteiger partial charge in [-0.25, -0.2) is 0 Å². The van der Waals surface area contributed by atoms with Gasteiger partial charge in [-0.05, 0) is 82.8 Å². The van der Waals surface area contributed by atoms with E-state index in [1.807, 2.05) is 84.8 Å². The van der Waals surface area contributed by atoms with Crippen LogP contribution >= 0.6 is 12.6 Å². The van der Waals surface area contributed by atoms with Crippen molar-refractivity contribution < 1.29 is 33.3 Å². The monoisotopic (exact) mass is 823 g/mol. The van der Waals surface area contributed by atoms with E-state index in [0.29, 0.717) is 77.0 Å². The van der Waals surface area contributed by atoms with Crippen LogP contribution in [-0.2, 0) is 30.8 Å².